The second-order valence-corrected chi connectivity index (χ2v) is 4.82. The van der Waals surface area contributed by atoms with Crippen molar-refractivity contribution in [1.29, 1.82) is 0 Å². The Balaban J connectivity index is 2.13. The van der Waals surface area contributed by atoms with Gasteiger partial charge in [-0.25, -0.2) is 0 Å². The summed E-state index contributed by atoms with van der Waals surface area (Å²) in [6.45, 7) is 0. The van der Waals surface area contributed by atoms with E-state index in [0.717, 1.165) is 0 Å². The van der Waals surface area contributed by atoms with Gasteiger partial charge in [0.1, 0.15) is 0 Å². The Morgan fingerprint density at radius 1 is 1.04 bits per heavy atom. The maximum Gasteiger partial charge on any atom is 0.250 e. The van der Waals surface area contributed by atoms with Gasteiger partial charge in [0.25, 0.3) is 5.91 Å². The van der Waals surface area contributed by atoms with Crippen molar-refractivity contribution in [2.75, 3.05) is 19.5 Å². The van der Waals surface area contributed by atoms with E-state index in [1.54, 1.807) is 42.5 Å². The summed E-state index contributed by atoms with van der Waals surface area (Å²) in [5.41, 5.74) is 6.63. The van der Waals surface area contributed by atoms with Crippen molar-refractivity contribution >= 4 is 17.4 Å². The van der Waals surface area contributed by atoms with E-state index in [-0.39, 0.29) is 5.78 Å². The summed E-state index contributed by atoms with van der Waals surface area (Å²) in [5.74, 6) is 0.257. The first kappa shape index (κ1) is 17.1. The second kappa shape index (κ2) is 7.82. The zero-order valence-corrected chi connectivity index (χ0v) is 13.4. The molecule has 2 aromatic carbocycles. The molecule has 0 aliphatic rings. The van der Waals surface area contributed by atoms with Gasteiger partial charge in [-0.15, -0.1) is 0 Å². The van der Waals surface area contributed by atoms with Gasteiger partial charge in [0, 0.05) is 17.8 Å². The number of para-hydroxylation sites is 1. The summed E-state index contributed by atoms with van der Waals surface area (Å²) in [7, 11) is 3.03. The molecule has 0 saturated heterocycles. The molecule has 0 fully saturated rings. The van der Waals surface area contributed by atoms with Gasteiger partial charge < -0.3 is 20.5 Å². The van der Waals surface area contributed by atoms with E-state index in [4.69, 9.17) is 15.2 Å². The van der Waals surface area contributed by atoms with E-state index in [1.165, 1.54) is 26.5 Å². The number of anilines is 1. The van der Waals surface area contributed by atoms with Gasteiger partial charge in [0.05, 0.1) is 25.5 Å². The van der Waals surface area contributed by atoms with E-state index < -0.39 is 5.91 Å². The predicted octanol–water partition coefficient (Wildman–Crippen LogP) is 2.61. The molecule has 24 heavy (non-hydrogen) atoms. The van der Waals surface area contributed by atoms with E-state index >= 15 is 0 Å². The number of methoxy groups -OCH3 is 2. The van der Waals surface area contributed by atoms with Crippen LogP contribution in [0.3, 0.4) is 0 Å². The van der Waals surface area contributed by atoms with E-state index in [2.05, 4.69) is 5.32 Å². The number of carbonyl (C=O) groups excluding carboxylic acids is 2. The van der Waals surface area contributed by atoms with Crippen LogP contribution in [0.4, 0.5) is 5.69 Å². The average molecular weight is 326 g/mol. The standard InChI is InChI=1S/C18H18N2O4/c1-23-16-8-7-12(11-17(16)24-2)15(21)9-10-20-14-6-4-3-5-13(14)18(19)22/h3-11,20H,1-2H3,(H2,19,22)/b10-9+. The zero-order chi connectivity index (χ0) is 17.5. The highest BCUT2D eigenvalue weighted by Gasteiger charge is 2.09. The van der Waals surface area contributed by atoms with Crippen molar-refractivity contribution < 1.29 is 19.1 Å². The van der Waals surface area contributed by atoms with Gasteiger partial charge in [-0.3, -0.25) is 9.59 Å². The average Bonchev–Trinajstić information content (AvgIpc) is 2.61. The molecular formula is C18H18N2O4. The molecule has 124 valence electrons. The first-order valence-corrected chi connectivity index (χ1v) is 7.15. The first-order valence-electron chi connectivity index (χ1n) is 7.15. The summed E-state index contributed by atoms with van der Waals surface area (Å²) < 4.78 is 10.3. The Bertz CT molecular complexity index is 784. The summed E-state index contributed by atoms with van der Waals surface area (Å²) in [4.78, 5) is 23.5. The molecule has 2 rings (SSSR count). The zero-order valence-electron chi connectivity index (χ0n) is 13.4. The number of ether oxygens (including phenoxy) is 2. The van der Waals surface area contributed by atoms with Crippen molar-refractivity contribution in [3.05, 3.63) is 65.9 Å². The third-order valence-corrected chi connectivity index (χ3v) is 3.33. The molecule has 2 aromatic rings. The first-order chi connectivity index (χ1) is 11.6. The quantitative estimate of drug-likeness (QED) is 0.603. The fourth-order valence-electron chi connectivity index (χ4n) is 2.12. The summed E-state index contributed by atoms with van der Waals surface area (Å²) >= 11 is 0. The van der Waals surface area contributed by atoms with E-state index in [1.807, 2.05) is 0 Å². The van der Waals surface area contributed by atoms with Crippen LogP contribution in [0.25, 0.3) is 0 Å². The highest BCUT2D eigenvalue weighted by atomic mass is 16.5. The highest BCUT2D eigenvalue weighted by Crippen LogP contribution is 2.27. The highest BCUT2D eigenvalue weighted by molar-refractivity contribution is 6.05. The number of allylic oxidation sites excluding steroid dienone is 1. The van der Waals surface area contributed by atoms with Crippen LogP contribution in [0.5, 0.6) is 11.5 Å². The second-order valence-electron chi connectivity index (χ2n) is 4.82. The lowest BCUT2D eigenvalue weighted by Crippen LogP contribution is -2.13. The van der Waals surface area contributed by atoms with E-state index in [0.29, 0.717) is 28.3 Å². The number of hydrogen-bond acceptors (Lipinski definition) is 5. The number of hydrogen-bond donors (Lipinski definition) is 2. The van der Waals surface area contributed by atoms with Gasteiger partial charge in [-0.2, -0.15) is 0 Å². The Kier molecular flexibility index (Phi) is 5.57. The van der Waals surface area contributed by atoms with E-state index in [9.17, 15) is 9.59 Å². The molecule has 0 aromatic heterocycles. The van der Waals surface area contributed by atoms with Crippen molar-refractivity contribution in [3.8, 4) is 11.5 Å². The third-order valence-electron chi connectivity index (χ3n) is 3.33. The number of amides is 1. The number of primary amides is 1. The molecule has 0 radical (unpaired) electrons. The van der Waals surface area contributed by atoms with Crippen molar-refractivity contribution in [3.63, 3.8) is 0 Å². The van der Waals surface area contributed by atoms with Gasteiger partial charge in [0.2, 0.25) is 0 Å². The minimum Gasteiger partial charge on any atom is -0.493 e. The van der Waals surface area contributed by atoms with Crippen LogP contribution in [-0.4, -0.2) is 25.9 Å². The molecule has 0 atom stereocenters. The molecule has 6 nitrogen and oxygen atoms in total. The lowest BCUT2D eigenvalue weighted by Gasteiger charge is -2.08. The van der Waals surface area contributed by atoms with Gasteiger partial charge in [-0.1, -0.05) is 12.1 Å². The molecule has 6 heteroatoms. The molecular weight excluding hydrogens is 308 g/mol. The minimum atomic E-state index is -0.544. The topological polar surface area (TPSA) is 90.6 Å². The number of rotatable bonds is 7. The van der Waals surface area contributed by atoms with Crippen LogP contribution < -0.4 is 20.5 Å². The largest absolute Gasteiger partial charge is 0.493 e. The van der Waals surface area contributed by atoms with Crippen LogP contribution in [0.1, 0.15) is 20.7 Å². The maximum atomic E-state index is 12.2. The van der Waals surface area contributed by atoms with Crippen LogP contribution in [0.2, 0.25) is 0 Å². The molecule has 0 unspecified atom stereocenters. The number of ketones is 1. The van der Waals surface area contributed by atoms with Crippen molar-refractivity contribution in [2.24, 2.45) is 5.73 Å². The maximum absolute atomic E-state index is 12.2. The lowest BCUT2D eigenvalue weighted by molar-refractivity contribution is 0.0999. The van der Waals surface area contributed by atoms with Gasteiger partial charge in [0.15, 0.2) is 17.3 Å². The molecule has 0 heterocycles. The van der Waals surface area contributed by atoms with Crippen molar-refractivity contribution in [2.45, 2.75) is 0 Å². The summed E-state index contributed by atoms with van der Waals surface area (Å²) in [5, 5.41) is 2.89. The Morgan fingerprint density at radius 2 is 1.75 bits per heavy atom. The Morgan fingerprint density at radius 3 is 2.42 bits per heavy atom. The summed E-state index contributed by atoms with van der Waals surface area (Å²) in [6, 6.07) is 11.7. The number of benzene rings is 2. The fourth-order valence-corrected chi connectivity index (χ4v) is 2.12. The van der Waals surface area contributed by atoms with Crippen LogP contribution in [-0.2, 0) is 0 Å². The molecule has 0 bridgehead atoms. The fraction of sp³-hybridized carbons (Fsp3) is 0.111. The monoisotopic (exact) mass is 326 g/mol. The molecule has 3 N–H and O–H groups in total. The minimum absolute atomic E-state index is 0.222. The molecule has 0 aliphatic heterocycles. The summed E-state index contributed by atoms with van der Waals surface area (Å²) in [6.07, 6.45) is 2.82. The number of carbonyl (C=O) groups is 2. The van der Waals surface area contributed by atoms with Gasteiger partial charge >= 0.3 is 0 Å². The van der Waals surface area contributed by atoms with Crippen LogP contribution in [0, 0.1) is 0 Å². The number of nitrogens with one attached hydrogen (secondary N) is 1. The van der Waals surface area contributed by atoms with Crippen LogP contribution in [0.15, 0.2) is 54.7 Å². The molecule has 0 aliphatic carbocycles. The molecule has 1 amide bonds. The third kappa shape index (κ3) is 3.92. The molecule has 0 spiro atoms. The van der Waals surface area contributed by atoms with Crippen LogP contribution >= 0.6 is 0 Å². The Hall–Kier alpha value is -3.28. The smallest absolute Gasteiger partial charge is 0.250 e. The van der Waals surface area contributed by atoms with Crippen molar-refractivity contribution in [1.82, 2.24) is 0 Å². The molecule has 0 saturated carbocycles. The predicted molar refractivity (Wildman–Crippen MR) is 91.6 cm³/mol. The normalized spacial score (nSPS) is 10.4. The van der Waals surface area contributed by atoms with Gasteiger partial charge in [-0.05, 0) is 30.3 Å². The Labute approximate surface area is 139 Å². The SMILES string of the molecule is COc1ccc(C(=O)/C=C/Nc2ccccc2C(N)=O)cc1OC. The lowest BCUT2D eigenvalue weighted by atomic mass is 10.1. The number of nitrogens with two attached hydrogens (primary N) is 1.